The van der Waals surface area contributed by atoms with Gasteiger partial charge in [-0.05, 0) is 42.0 Å². The molecule has 4 rings (SSSR count). The first-order valence-corrected chi connectivity index (χ1v) is 7.53. The van der Waals surface area contributed by atoms with Gasteiger partial charge in [-0.15, -0.1) is 0 Å². The molecule has 0 radical (unpaired) electrons. The van der Waals surface area contributed by atoms with E-state index in [-0.39, 0.29) is 5.97 Å². The molecule has 3 aromatic rings. The molecule has 3 heteroatoms. The third-order valence-corrected chi connectivity index (χ3v) is 4.56. The number of ether oxygens (including phenoxy) is 2. The number of hydrogen-bond donors (Lipinski definition) is 0. The Balaban J connectivity index is 1.88. The van der Waals surface area contributed by atoms with Crippen molar-refractivity contribution in [3.8, 4) is 5.75 Å². The van der Waals surface area contributed by atoms with E-state index in [1.807, 2.05) is 61.5 Å². The fourth-order valence-corrected chi connectivity index (χ4v) is 3.23. The van der Waals surface area contributed by atoms with E-state index in [2.05, 4.69) is 6.07 Å². The SMILES string of the molecule is COc1ccc2cc(C3(C)OC(=O)c4ccccc43)ccc2c1. The number of carbonyl (C=O) groups is 1. The van der Waals surface area contributed by atoms with Crippen LogP contribution in [-0.2, 0) is 10.3 Å². The van der Waals surface area contributed by atoms with Gasteiger partial charge in [-0.3, -0.25) is 0 Å². The summed E-state index contributed by atoms with van der Waals surface area (Å²) in [7, 11) is 1.66. The summed E-state index contributed by atoms with van der Waals surface area (Å²) in [6.07, 6.45) is 0. The molecule has 1 heterocycles. The molecule has 0 fully saturated rings. The number of benzene rings is 3. The lowest BCUT2D eigenvalue weighted by molar-refractivity contribution is 0.0180. The van der Waals surface area contributed by atoms with E-state index in [1.54, 1.807) is 7.11 Å². The van der Waals surface area contributed by atoms with Crippen molar-refractivity contribution in [2.75, 3.05) is 7.11 Å². The molecule has 1 aliphatic rings. The molecular formula is C20H16O3. The van der Waals surface area contributed by atoms with Gasteiger partial charge in [0, 0.05) is 11.1 Å². The highest BCUT2D eigenvalue weighted by molar-refractivity contribution is 5.95. The number of fused-ring (bicyclic) bond motifs is 2. The summed E-state index contributed by atoms with van der Waals surface area (Å²) < 4.78 is 11.0. The molecular weight excluding hydrogens is 288 g/mol. The highest BCUT2D eigenvalue weighted by atomic mass is 16.6. The fourth-order valence-electron chi connectivity index (χ4n) is 3.23. The van der Waals surface area contributed by atoms with Gasteiger partial charge in [0.25, 0.3) is 0 Å². The summed E-state index contributed by atoms with van der Waals surface area (Å²) in [5.74, 6) is 0.562. The van der Waals surface area contributed by atoms with Crippen LogP contribution in [-0.4, -0.2) is 13.1 Å². The monoisotopic (exact) mass is 304 g/mol. The van der Waals surface area contributed by atoms with Gasteiger partial charge in [0.15, 0.2) is 5.60 Å². The Labute approximate surface area is 134 Å². The zero-order valence-electron chi connectivity index (χ0n) is 13.0. The fraction of sp³-hybridized carbons (Fsp3) is 0.150. The van der Waals surface area contributed by atoms with E-state index >= 15 is 0 Å². The molecule has 0 spiro atoms. The van der Waals surface area contributed by atoms with Crippen LogP contribution in [0.4, 0.5) is 0 Å². The van der Waals surface area contributed by atoms with E-state index in [1.165, 1.54) is 0 Å². The van der Waals surface area contributed by atoms with E-state index in [9.17, 15) is 4.79 Å². The van der Waals surface area contributed by atoms with Crippen molar-refractivity contribution in [1.82, 2.24) is 0 Å². The van der Waals surface area contributed by atoms with Crippen molar-refractivity contribution in [1.29, 1.82) is 0 Å². The van der Waals surface area contributed by atoms with E-state index in [4.69, 9.17) is 9.47 Å². The lowest BCUT2D eigenvalue weighted by Gasteiger charge is -2.25. The average Bonchev–Trinajstić information content (AvgIpc) is 2.86. The van der Waals surface area contributed by atoms with Gasteiger partial charge in [-0.25, -0.2) is 4.79 Å². The molecule has 3 aromatic carbocycles. The third-order valence-electron chi connectivity index (χ3n) is 4.56. The predicted octanol–water partition coefficient (Wildman–Crippen LogP) is 4.28. The molecule has 0 bridgehead atoms. The minimum absolute atomic E-state index is 0.266. The van der Waals surface area contributed by atoms with E-state index in [0.29, 0.717) is 5.56 Å². The third kappa shape index (κ3) is 2.00. The molecule has 0 aliphatic carbocycles. The second-order valence-electron chi connectivity index (χ2n) is 5.90. The van der Waals surface area contributed by atoms with Crippen LogP contribution in [0, 0.1) is 0 Å². The summed E-state index contributed by atoms with van der Waals surface area (Å²) in [6, 6.07) is 19.6. The molecule has 3 nitrogen and oxygen atoms in total. The Bertz CT molecular complexity index is 929. The highest BCUT2D eigenvalue weighted by Crippen LogP contribution is 2.42. The Morgan fingerprint density at radius 2 is 1.70 bits per heavy atom. The average molecular weight is 304 g/mol. The second-order valence-corrected chi connectivity index (χ2v) is 5.90. The normalized spacial score (nSPS) is 19.5. The number of esters is 1. The van der Waals surface area contributed by atoms with Crippen molar-refractivity contribution in [2.45, 2.75) is 12.5 Å². The van der Waals surface area contributed by atoms with Crippen molar-refractivity contribution in [2.24, 2.45) is 0 Å². The smallest absolute Gasteiger partial charge is 0.339 e. The molecule has 1 unspecified atom stereocenters. The maximum atomic E-state index is 12.2. The standard InChI is InChI=1S/C20H16O3/c1-20(18-6-4-3-5-17(18)19(21)23-20)15-9-7-14-12-16(22-2)10-8-13(14)11-15/h3-12H,1-2H3. The van der Waals surface area contributed by atoms with Gasteiger partial charge < -0.3 is 9.47 Å². The van der Waals surface area contributed by atoms with Crippen LogP contribution in [0.5, 0.6) is 5.75 Å². The number of cyclic esters (lactones) is 1. The van der Waals surface area contributed by atoms with Gasteiger partial charge in [0.05, 0.1) is 12.7 Å². The minimum atomic E-state index is -0.748. The number of rotatable bonds is 2. The quantitative estimate of drug-likeness (QED) is 0.663. The zero-order valence-corrected chi connectivity index (χ0v) is 13.0. The molecule has 0 saturated heterocycles. The van der Waals surface area contributed by atoms with Crippen LogP contribution in [0.15, 0.2) is 60.7 Å². The Kier molecular flexibility index (Phi) is 2.91. The summed E-state index contributed by atoms with van der Waals surface area (Å²) in [5, 5.41) is 2.18. The Morgan fingerprint density at radius 1 is 0.957 bits per heavy atom. The van der Waals surface area contributed by atoms with Gasteiger partial charge in [0.2, 0.25) is 0 Å². The number of carbonyl (C=O) groups excluding carboxylic acids is 1. The molecule has 23 heavy (non-hydrogen) atoms. The molecule has 0 saturated carbocycles. The predicted molar refractivity (Wildman–Crippen MR) is 88.8 cm³/mol. The van der Waals surface area contributed by atoms with Crippen LogP contribution in [0.2, 0.25) is 0 Å². The van der Waals surface area contributed by atoms with Gasteiger partial charge >= 0.3 is 5.97 Å². The summed E-state index contributed by atoms with van der Waals surface area (Å²) in [5.41, 5.74) is 1.78. The summed E-state index contributed by atoms with van der Waals surface area (Å²) in [6.45, 7) is 1.95. The largest absolute Gasteiger partial charge is 0.497 e. The lowest BCUT2D eigenvalue weighted by atomic mass is 9.86. The van der Waals surface area contributed by atoms with Gasteiger partial charge in [-0.2, -0.15) is 0 Å². The van der Waals surface area contributed by atoms with Crippen molar-refractivity contribution >= 4 is 16.7 Å². The Hall–Kier alpha value is -2.81. The van der Waals surface area contributed by atoms with Gasteiger partial charge in [-0.1, -0.05) is 36.4 Å². The first kappa shape index (κ1) is 13.8. The van der Waals surface area contributed by atoms with Crippen molar-refractivity contribution < 1.29 is 14.3 Å². The van der Waals surface area contributed by atoms with Crippen molar-refractivity contribution in [3.05, 3.63) is 77.4 Å². The highest BCUT2D eigenvalue weighted by Gasteiger charge is 2.42. The van der Waals surface area contributed by atoms with Crippen LogP contribution < -0.4 is 4.74 Å². The van der Waals surface area contributed by atoms with Crippen molar-refractivity contribution in [3.63, 3.8) is 0 Å². The summed E-state index contributed by atoms with van der Waals surface area (Å²) in [4.78, 5) is 12.2. The van der Waals surface area contributed by atoms with Crippen LogP contribution >= 0.6 is 0 Å². The van der Waals surface area contributed by atoms with E-state index in [0.717, 1.165) is 27.6 Å². The minimum Gasteiger partial charge on any atom is -0.497 e. The Morgan fingerprint density at radius 3 is 2.52 bits per heavy atom. The first-order valence-electron chi connectivity index (χ1n) is 7.53. The molecule has 1 atom stereocenters. The maximum absolute atomic E-state index is 12.2. The molecule has 114 valence electrons. The van der Waals surface area contributed by atoms with E-state index < -0.39 is 5.60 Å². The van der Waals surface area contributed by atoms with Gasteiger partial charge in [0.1, 0.15) is 5.75 Å². The molecule has 0 amide bonds. The maximum Gasteiger partial charge on any atom is 0.339 e. The number of methoxy groups -OCH3 is 1. The summed E-state index contributed by atoms with van der Waals surface area (Å²) >= 11 is 0. The first-order chi connectivity index (χ1) is 11.1. The van der Waals surface area contributed by atoms with Crippen LogP contribution in [0.3, 0.4) is 0 Å². The zero-order chi connectivity index (χ0) is 16.0. The topological polar surface area (TPSA) is 35.5 Å². The molecule has 1 aliphatic heterocycles. The molecule has 0 aromatic heterocycles. The lowest BCUT2D eigenvalue weighted by Crippen LogP contribution is -2.23. The number of hydrogen-bond acceptors (Lipinski definition) is 3. The second kappa shape index (κ2) is 4.85. The van der Waals surface area contributed by atoms with Crippen LogP contribution in [0.25, 0.3) is 10.8 Å². The molecule has 0 N–H and O–H groups in total. The van der Waals surface area contributed by atoms with Crippen LogP contribution in [0.1, 0.15) is 28.4 Å².